The van der Waals surface area contributed by atoms with Crippen LogP contribution in [0.15, 0.2) is 82.7 Å². The minimum absolute atomic E-state index is 0.0666. The van der Waals surface area contributed by atoms with E-state index in [1.807, 2.05) is 66.7 Å². The Morgan fingerprint density at radius 3 is 2.15 bits per heavy atom. The molecule has 4 aromatic rings. The number of hydrogen-bond acceptors (Lipinski definition) is 3. The van der Waals surface area contributed by atoms with E-state index in [2.05, 4.69) is 0 Å². The van der Waals surface area contributed by atoms with E-state index in [-0.39, 0.29) is 5.56 Å². The van der Waals surface area contributed by atoms with Crippen LogP contribution in [-0.4, -0.2) is 10.3 Å². The molecule has 0 saturated carbocycles. The summed E-state index contributed by atoms with van der Waals surface area (Å²) in [6, 6.07) is 21.9. The first-order chi connectivity index (χ1) is 12.6. The van der Waals surface area contributed by atoms with E-state index in [0.717, 1.165) is 26.5 Å². The highest BCUT2D eigenvalue weighted by atomic mass is 35.5. The second-order valence-corrected chi connectivity index (χ2v) is 7.35. The number of benzene rings is 2. The van der Waals surface area contributed by atoms with Crippen LogP contribution in [0.3, 0.4) is 0 Å². The molecule has 128 valence electrons. The third-order valence-electron chi connectivity index (χ3n) is 4.11. The van der Waals surface area contributed by atoms with Crippen molar-refractivity contribution in [1.82, 2.24) is 4.57 Å². The minimum Gasteiger partial charge on any atom is -0.316 e. The van der Waals surface area contributed by atoms with Gasteiger partial charge < -0.3 is 4.57 Å². The Balaban J connectivity index is 1.93. The maximum Gasteiger partial charge on any atom is 0.259 e. The van der Waals surface area contributed by atoms with Gasteiger partial charge in [-0.2, -0.15) is 0 Å². The van der Waals surface area contributed by atoms with Crippen molar-refractivity contribution in [2.24, 2.45) is 12.0 Å². The first kappa shape index (κ1) is 16.8. The van der Waals surface area contributed by atoms with Gasteiger partial charge in [-0.25, -0.2) is 4.99 Å². The van der Waals surface area contributed by atoms with E-state index in [0.29, 0.717) is 10.4 Å². The summed E-state index contributed by atoms with van der Waals surface area (Å²) in [5, 5.41) is 1.92. The van der Waals surface area contributed by atoms with Gasteiger partial charge in [0.15, 0.2) is 0 Å². The predicted octanol–water partition coefficient (Wildman–Crippen LogP) is 5.42. The Labute approximate surface area is 159 Å². The number of fused-ring (bicyclic) bond motifs is 1. The summed E-state index contributed by atoms with van der Waals surface area (Å²) in [5.74, 6) is 0. The monoisotopic (exact) mass is 378 g/mol. The summed E-state index contributed by atoms with van der Waals surface area (Å²) in [6.07, 6.45) is 1.64. The number of nitrogens with zero attached hydrogens (tertiary/aromatic N) is 2. The summed E-state index contributed by atoms with van der Waals surface area (Å²) >= 11 is 7.75. The summed E-state index contributed by atoms with van der Waals surface area (Å²) in [6.45, 7) is 0. The van der Waals surface area contributed by atoms with Gasteiger partial charge in [-0.1, -0.05) is 72.3 Å². The van der Waals surface area contributed by atoms with Crippen LogP contribution in [-0.2, 0) is 7.05 Å². The third kappa shape index (κ3) is 3.09. The molecule has 0 radical (unpaired) electrons. The fourth-order valence-corrected chi connectivity index (χ4v) is 4.14. The van der Waals surface area contributed by atoms with Gasteiger partial charge in [0.05, 0.1) is 20.8 Å². The lowest BCUT2D eigenvalue weighted by Gasteiger charge is -2.06. The largest absolute Gasteiger partial charge is 0.316 e. The molecule has 0 amide bonds. The van der Waals surface area contributed by atoms with Crippen LogP contribution < -0.4 is 5.56 Å². The molecular formula is C21H15ClN2OS. The quantitative estimate of drug-likeness (QED) is 0.438. The zero-order valence-electron chi connectivity index (χ0n) is 14.0. The number of aryl methyl sites for hydroxylation is 1. The van der Waals surface area contributed by atoms with Crippen molar-refractivity contribution < 1.29 is 0 Å². The lowest BCUT2D eigenvalue weighted by molar-refractivity contribution is 0.874. The molecule has 0 saturated heterocycles. The SMILES string of the molecule is Cn1cc(Cl)c2sc(N=C(c3ccccc3)c3ccccc3)cc2c1=O. The molecule has 0 atom stereocenters. The van der Waals surface area contributed by atoms with Crippen molar-refractivity contribution in [2.75, 3.05) is 0 Å². The zero-order valence-corrected chi connectivity index (χ0v) is 15.6. The van der Waals surface area contributed by atoms with Crippen molar-refractivity contribution in [3.63, 3.8) is 0 Å². The van der Waals surface area contributed by atoms with Crippen molar-refractivity contribution in [2.45, 2.75) is 0 Å². The zero-order chi connectivity index (χ0) is 18.1. The van der Waals surface area contributed by atoms with Gasteiger partial charge >= 0.3 is 0 Å². The van der Waals surface area contributed by atoms with Crippen LogP contribution >= 0.6 is 22.9 Å². The molecule has 0 aliphatic rings. The number of aliphatic imine (C=N–C) groups is 1. The normalized spacial score (nSPS) is 10.8. The van der Waals surface area contributed by atoms with Crippen molar-refractivity contribution in [3.8, 4) is 0 Å². The molecule has 2 heterocycles. The summed E-state index contributed by atoms with van der Waals surface area (Å²) < 4.78 is 2.27. The van der Waals surface area contributed by atoms with E-state index >= 15 is 0 Å². The molecule has 2 aromatic heterocycles. The number of pyridine rings is 1. The molecule has 2 aromatic carbocycles. The lowest BCUT2D eigenvalue weighted by Crippen LogP contribution is -2.14. The maximum absolute atomic E-state index is 12.4. The first-order valence-corrected chi connectivity index (χ1v) is 9.31. The molecule has 0 aliphatic heterocycles. The van der Waals surface area contributed by atoms with Gasteiger partial charge in [-0.15, -0.1) is 11.3 Å². The van der Waals surface area contributed by atoms with Crippen molar-refractivity contribution >= 4 is 43.7 Å². The standard InChI is InChI=1S/C21H15ClN2OS/c1-24-13-17(22)20-16(21(24)25)12-18(26-20)23-19(14-8-4-2-5-9-14)15-10-6-3-7-11-15/h2-13H,1H3. The van der Waals surface area contributed by atoms with Crippen LogP contribution in [0.25, 0.3) is 10.1 Å². The smallest absolute Gasteiger partial charge is 0.259 e. The van der Waals surface area contributed by atoms with Gasteiger partial charge in [0.25, 0.3) is 5.56 Å². The average Bonchev–Trinajstić information content (AvgIpc) is 3.10. The van der Waals surface area contributed by atoms with Crippen LogP contribution in [0.5, 0.6) is 0 Å². The van der Waals surface area contributed by atoms with E-state index < -0.39 is 0 Å². The molecule has 0 N–H and O–H groups in total. The Bertz CT molecular complexity index is 1120. The van der Waals surface area contributed by atoms with E-state index in [1.165, 1.54) is 15.9 Å². The fraction of sp³-hybridized carbons (Fsp3) is 0.0476. The minimum atomic E-state index is -0.0666. The molecule has 3 nitrogen and oxygen atoms in total. The molecule has 0 aliphatic carbocycles. The second kappa shape index (κ2) is 6.90. The van der Waals surface area contributed by atoms with Gasteiger partial charge in [-0.05, 0) is 6.07 Å². The number of thiophene rings is 1. The molecule has 5 heteroatoms. The number of rotatable bonds is 3. The molecule has 0 spiro atoms. The Kier molecular flexibility index (Phi) is 4.45. The third-order valence-corrected chi connectivity index (χ3v) is 5.57. The van der Waals surface area contributed by atoms with E-state index in [9.17, 15) is 4.79 Å². The topological polar surface area (TPSA) is 34.4 Å². The molecule has 4 rings (SSSR count). The van der Waals surface area contributed by atoms with Crippen LogP contribution in [0.2, 0.25) is 5.02 Å². The van der Waals surface area contributed by atoms with Crippen LogP contribution in [0.4, 0.5) is 5.00 Å². The summed E-state index contributed by atoms with van der Waals surface area (Å²) in [5.41, 5.74) is 2.85. The van der Waals surface area contributed by atoms with Crippen LogP contribution in [0.1, 0.15) is 11.1 Å². The molecule has 0 bridgehead atoms. The summed E-state index contributed by atoms with van der Waals surface area (Å²) in [4.78, 5) is 17.3. The fourth-order valence-electron chi connectivity index (χ4n) is 2.84. The highest BCUT2D eigenvalue weighted by Crippen LogP contribution is 2.35. The second-order valence-electron chi connectivity index (χ2n) is 5.91. The van der Waals surface area contributed by atoms with Gasteiger partial charge in [0.1, 0.15) is 5.00 Å². The van der Waals surface area contributed by atoms with E-state index in [4.69, 9.17) is 16.6 Å². The Morgan fingerprint density at radius 2 is 1.58 bits per heavy atom. The highest BCUT2D eigenvalue weighted by molar-refractivity contribution is 7.23. The number of aromatic nitrogens is 1. The number of halogens is 1. The predicted molar refractivity (Wildman–Crippen MR) is 110 cm³/mol. The van der Waals surface area contributed by atoms with Crippen molar-refractivity contribution in [3.05, 3.63) is 99.4 Å². The summed E-state index contributed by atoms with van der Waals surface area (Å²) in [7, 11) is 1.70. The van der Waals surface area contributed by atoms with E-state index in [1.54, 1.807) is 13.2 Å². The molecule has 0 fully saturated rings. The van der Waals surface area contributed by atoms with Gasteiger partial charge in [0, 0.05) is 24.4 Å². The average molecular weight is 379 g/mol. The van der Waals surface area contributed by atoms with Crippen molar-refractivity contribution in [1.29, 1.82) is 0 Å². The van der Waals surface area contributed by atoms with Crippen LogP contribution in [0, 0.1) is 0 Å². The molecular weight excluding hydrogens is 364 g/mol. The van der Waals surface area contributed by atoms with Gasteiger partial charge in [-0.3, -0.25) is 4.79 Å². The maximum atomic E-state index is 12.4. The van der Waals surface area contributed by atoms with Gasteiger partial charge in [0.2, 0.25) is 0 Å². The highest BCUT2D eigenvalue weighted by Gasteiger charge is 2.12. The Morgan fingerprint density at radius 1 is 1.00 bits per heavy atom. The first-order valence-electron chi connectivity index (χ1n) is 8.11. The molecule has 26 heavy (non-hydrogen) atoms. The Hall–Kier alpha value is -2.69. The number of hydrogen-bond donors (Lipinski definition) is 0. The molecule has 0 unspecified atom stereocenters. The lowest BCUT2D eigenvalue weighted by atomic mass is 10.0.